The van der Waals surface area contributed by atoms with E-state index in [0.29, 0.717) is 20.2 Å². The Hall–Kier alpha value is -1.78. The third-order valence-corrected chi connectivity index (χ3v) is 3.14. The molecule has 0 bridgehead atoms. The first-order chi connectivity index (χ1) is 9.58. The van der Waals surface area contributed by atoms with Crippen molar-refractivity contribution in [2.75, 3.05) is 5.32 Å². The highest BCUT2D eigenvalue weighted by atomic mass is 127. The van der Waals surface area contributed by atoms with Crippen molar-refractivity contribution in [3.05, 3.63) is 56.5 Å². The van der Waals surface area contributed by atoms with Crippen molar-refractivity contribution in [3.8, 4) is 6.07 Å². The third kappa shape index (κ3) is 3.85. The second kappa shape index (κ2) is 6.59. The molecule has 100 valence electrons. The van der Waals surface area contributed by atoms with Gasteiger partial charge in [0.15, 0.2) is 3.77 Å². The van der Waals surface area contributed by atoms with Gasteiger partial charge in [-0.2, -0.15) is 5.26 Å². The minimum Gasteiger partial charge on any atom is -0.451 e. The maximum atomic E-state index is 12.0. The highest BCUT2D eigenvalue weighted by molar-refractivity contribution is 14.1. The summed E-state index contributed by atoms with van der Waals surface area (Å²) in [5, 5.41) is 12.2. The van der Waals surface area contributed by atoms with Gasteiger partial charge in [-0.3, -0.25) is 4.79 Å². The average molecular weight is 399 g/mol. The molecule has 1 amide bonds. The van der Waals surface area contributed by atoms with Crippen molar-refractivity contribution in [3.63, 3.8) is 0 Å². The number of carbonyl (C=O) groups excluding carboxylic acids is 1. The Kier molecular flexibility index (Phi) is 4.82. The number of benzene rings is 1. The average Bonchev–Trinajstić information content (AvgIpc) is 2.81. The minimum atomic E-state index is -0.513. The highest BCUT2D eigenvalue weighted by Gasteiger charge is 2.10. The molecular weight excluding hydrogens is 391 g/mol. The smallest absolute Gasteiger partial charge is 0.266 e. The molecule has 0 aliphatic carbocycles. The predicted octanol–water partition coefficient (Wildman–Crippen LogP) is 4.08. The van der Waals surface area contributed by atoms with Gasteiger partial charge in [0.1, 0.15) is 17.4 Å². The van der Waals surface area contributed by atoms with Crippen LogP contribution >= 0.6 is 34.2 Å². The number of hydrogen-bond acceptors (Lipinski definition) is 3. The van der Waals surface area contributed by atoms with E-state index in [0.717, 1.165) is 0 Å². The summed E-state index contributed by atoms with van der Waals surface area (Å²) in [4.78, 5) is 12.0. The first-order valence-electron chi connectivity index (χ1n) is 5.52. The maximum Gasteiger partial charge on any atom is 0.266 e. The summed E-state index contributed by atoms with van der Waals surface area (Å²) in [7, 11) is 0. The van der Waals surface area contributed by atoms with E-state index in [1.807, 2.05) is 28.7 Å². The Labute approximate surface area is 134 Å². The number of carbonyl (C=O) groups is 1. The van der Waals surface area contributed by atoms with Crippen LogP contribution in [0.5, 0.6) is 0 Å². The van der Waals surface area contributed by atoms with Gasteiger partial charge in [0, 0.05) is 16.8 Å². The fourth-order valence-electron chi connectivity index (χ4n) is 1.46. The van der Waals surface area contributed by atoms with E-state index in [-0.39, 0.29) is 5.57 Å². The highest BCUT2D eigenvalue weighted by Crippen LogP contribution is 2.17. The lowest BCUT2D eigenvalue weighted by atomic mass is 10.2. The van der Waals surface area contributed by atoms with E-state index < -0.39 is 5.91 Å². The summed E-state index contributed by atoms with van der Waals surface area (Å²) in [6.45, 7) is 0. The molecule has 0 spiro atoms. The lowest BCUT2D eigenvalue weighted by molar-refractivity contribution is -0.112. The predicted molar refractivity (Wildman–Crippen MR) is 85.1 cm³/mol. The second-order valence-electron chi connectivity index (χ2n) is 3.78. The van der Waals surface area contributed by atoms with E-state index in [2.05, 4.69) is 5.32 Å². The van der Waals surface area contributed by atoms with E-state index in [9.17, 15) is 4.79 Å². The molecule has 0 aliphatic rings. The molecule has 20 heavy (non-hydrogen) atoms. The fourth-order valence-corrected chi connectivity index (χ4v) is 2.09. The lowest BCUT2D eigenvalue weighted by Gasteiger charge is -2.04. The molecule has 2 rings (SSSR count). The van der Waals surface area contributed by atoms with Crippen molar-refractivity contribution in [1.29, 1.82) is 5.26 Å². The monoisotopic (exact) mass is 398 g/mol. The molecule has 0 radical (unpaired) electrons. The normalized spacial score (nSPS) is 10.9. The number of rotatable bonds is 3. The number of nitrogens with zero attached hydrogens (tertiary/aromatic N) is 1. The number of furan rings is 1. The Balaban J connectivity index is 2.18. The summed E-state index contributed by atoms with van der Waals surface area (Å²) in [6.07, 6.45) is 1.39. The molecule has 1 heterocycles. The third-order valence-electron chi connectivity index (χ3n) is 2.33. The zero-order chi connectivity index (χ0) is 14.5. The number of halogens is 2. The largest absolute Gasteiger partial charge is 0.451 e. The van der Waals surface area contributed by atoms with Crippen LogP contribution < -0.4 is 5.32 Å². The second-order valence-corrected chi connectivity index (χ2v) is 5.28. The van der Waals surface area contributed by atoms with Gasteiger partial charge in [-0.05, 0) is 52.9 Å². The zero-order valence-corrected chi connectivity index (χ0v) is 13.0. The Morgan fingerprint density at radius 3 is 2.80 bits per heavy atom. The molecule has 0 fully saturated rings. The lowest BCUT2D eigenvalue weighted by Crippen LogP contribution is -2.13. The van der Waals surface area contributed by atoms with Crippen molar-refractivity contribution in [2.24, 2.45) is 0 Å². The van der Waals surface area contributed by atoms with Crippen molar-refractivity contribution in [2.45, 2.75) is 0 Å². The van der Waals surface area contributed by atoms with Gasteiger partial charge in [0.25, 0.3) is 5.91 Å². The van der Waals surface area contributed by atoms with E-state index in [4.69, 9.17) is 21.3 Å². The maximum absolute atomic E-state index is 12.0. The molecule has 0 saturated heterocycles. The Morgan fingerprint density at radius 2 is 2.20 bits per heavy atom. The van der Waals surface area contributed by atoms with Crippen molar-refractivity contribution >= 4 is 51.9 Å². The number of amides is 1. The summed E-state index contributed by atoms with van der Waals surface area (Å²) in [5.41, 5.74) is 0.480. The van der Waals surface area contributed by atoms with Gasteiger partial charge in [0.05, 0.1) is 0 Å². The quantitative estimate of drug-likeness (QED) is 0.481. The van der Waals surface area contributed by atoms with Crippen LogP contribution in [-0.4, -0.2) is 5.91 Å². The van der Waals surface area contributed by atoms with E-state index >= 15 is 0 Å². The van der Waals surface area contributed by atoms with Gasteiger partial charge < -0.3 is 9.73 Å². The Bertz CT molecular complexity index is 716. The van der Waals surface area contributed by atoms with Crippen LogP contribution in [0.1, 0.15) is 5.76 Å². The summed E-state index contributed by atoms with van der Waals surface area (Å²) in [5.74, 6) is -0.0617. The van der Waals surface area contributed by atoms with Crippen LogP contribution in [0.4, 0.5) is 5.69 Å². The molecule has 1 aromatic heterocycles. The molecule has 0 unspecified atom stereocenters. The van der Waals surface area contributed by atoms with Crippen LogP contribution in [0.2, 0.25) is 5.02 Å². The fraction of sp³-hybridized carbons (Fsp3) is 0. The van der Waals surface area contributed by atoms with Crippen LogP contribution in [0.25, 0.3) is 6.08 Å². The molecule has 1 N–H and O–H groups in total. The van der Waals surface area contributed by atoms with Gasteiger partial charge in [-0.15, -0.1) is 0 Å². The summed E-state index contributed by atoms with van der Waals surface area (Å²) < 4.78 is 5.98. The topological polar surface area (TPSA) is 66.0 Å². The van der Waals surface area contributed by atoms with Crippen molar-refractivity contribution < 1.29 is 9.21 Å². The van der Waals surface area contributed by atoms with Crippen LogP contribution in [-0.2, 0) is 4.79 Å². The van der Waals surface area contributed by atoms with Crippen LogP contribution in [0, 0.1) is 15.1 Å². The SMILES string of the molecule is N#C/C(=C\c1ccc(I)o1)C(=O)Nc1cccc(Cl)c1. The van der Waals surface area contributed by atoms with Gasteiger partial charge in [-0.1, -0.05) is 17.7 Å². The first kappa shape index (κ1) is 14.6. The number of anilines is 1. The van der Waals surface area contributed by atoms with Crippen LogP contribution in [0.3, 0.4) is 0 Å². The molecule has 2 aromatic rings. The molecule has 6 heteroatoms. The number of nitriles is 1. The van der Waals surface area contributed by atoms with Crippen LogP contribution in [0.15, 0.2) is 46.4 Å². The molecule has 0 aliphatic heterocycles. The first-order valence-corrected chi connectivity index (χ1v) is 6.98. The van der Waals surface area contributed by atoms with Gasteiger partial charge in [0.2, 0.25) is 0 Å². The van der Waals surface area contributed by atoms with Gasteiger partial charge in [-0.25, -0.2) is 0 Å². The molecule has 4 nitrogen and oxygen atoms in total. The number of nitrogens with one attached hydrogen (secondary N) is 1. The summed E-state index contributed by atoms with van der Waals surface area (Å²) >= 11 is 7.83. The van der Waals surface area contributed by atoms with Crippen molar-refractivity contribution in [1.82, 2.24) is 0 Å². The van der Waals surface area contributed by atoms with E-state index in [1.54, 1.807) is 36.4 Å². The standard InChI is InChI=1S/C14H8ClIN2O2/c15-10-2-1-3-11(7-10)18-14(19)9(8-17)6-12-4-5-13(16)20-12/h1-7H,(H,18,19)/b9-6+. The van der Waals surface area contributed by atoms with Gasteiger partial charge >= 0.3 is 0 Å². The molecule has 0 atom stereocenters. The zero-order valence-electron chi connectivity index (χ0n) is 10.1. The minimum absolute atomic E-state index is 0.0456. The Morgan fingerprint density at radius 1 is 1.40 bits per heavy atom. The summed E-state index contributed by atoms with van der Waals surface area (Å²) in [6, 6.07) is 12.0. The molecule has 1 aromatic carbocycles. The van der Waals surface area contributed by atoms with E-state index in [1.165, 1.54) is 6.08 Å². The molecule has 0 saturated carbocycles. The molecular formula is C14H8ClIN2O2. The number of hydrogen-bond donors (Lipinski definition) is 1.